The molecule has 2 rings (SSSR count). The molecule has 0 amide bonds. The normalized spacial score (nSPS) is 10.3. The van der Waals surface area contributed by atoms with Gasteiger partial charge in [-0.3, -0.25) is 0 Å². The van der Waals surface area contributed by atoms with Crippen molar-refractivity contribution >= 4 is 11.6 Å². The van der Waals surface area contributed by atoms with E-state index in [1.165, 1.54) is 0 Å². The van der Waals surface area contributed by atoms with Gasteiger partial charge in [0.25, 0.3) is 0 Å². The molecule has 0 aromatic heterocycles. The number of hydrogen-bond acceptors (Lipinski definition) is 3. The molecule has 0 heterocycles. The molecule has 3 nitrogen and oxygen atoms in total. The van der Waals surface area contributed by atoms with Crippen LogP contribution < -0.4 is 14.8 Å². The zero-order chi connectivity index (χ0) is 14.4. The highest BCUT2D eigenvalue weighted by Crippen LogP contribution is 2.34. The molecule has 0 saturated heterocycles. The van der Waals surface area contributed by atoms with E-state index in [1.807, 2.05) is 56.4 Å². The molecule has 1 N–H and O–H groups in total. The number of hydrogen-bond donors (Lipinski definition) is 1. The van der Waals surface area contributed by atoms with Crippen molar-refractivity contribution in [2.45, 2.75) is 13.5 Å². The van der Waals surface area contributed by atoms with Crippen LogP contribution in [0.2, 0.25) is 5.02 Å². The summed E-state index contributed by atoms with van der Waals surface area (Å²) in [5.41, 5.74) is 1.04. The number of benzene rings is 2. The second-order valence-corrected chi connectivity index (χ2v) is 4.70. The molecule has 20 heavy (non-hydrogen) atoms. The van der Waals surface area contributed by atoms with Crippen LogP contribution in [0, 0.1) is 0 Å². The Morgan fingerprint density at radius 2 is 1.80 bits per heavy atom. The molecule has 106 valence electrons. The van der Waals surface area contributed by atoms with Crippen LogP contribution in [0.3, 0.4) is 0 Å². The number of rotatable bonds is 6. The third-order valence-corrected chi connectivity index (χ3v) is 3.00. The van der Waals surface area contributed by atoms with Gasteiger partial charge in [-0.25, -0.2) is 0 Å². The Morgan fingerprint density at radius 3 is 2.50 bits per heavy atom. The molecule has 0 atom stereocenters. The van der Waals surface area contributed by atoms with E-state index in [2.05, 4.69) is 5.32 Å². The van der Waals surface area contributed by atoms with Crippen molar-refractivity contribution in [3.05, 3.63) is 53.1 Å². The van der Waals surface area contributed by atoms with Gasteiger partial charge in [-0.05, 0) is 38.2 Å². The van der Waals surface area contributed by atoms with Crippen molar-refractivity contribution in [1.82, 2.24) is 5.32 Å². The molecule has 0 fully saturated rings. The predicted octanol–water partition coefficient (Wildman–Crippen LogP) is 4.25. The van der Waals surface area contributed by atoms with Gasteiger partial charge in [0.15, 0.2) is 11.5 Å². The maximum absolute atomic E-state index is 6.05. The molecule has 4 heteroatoms. The molecule has 0 aliphatic carbocycles. The van der Waals surface area contributed by atoms with Crippen LogP contribution in [0.25, 0.3) is 0 Å². The summed E-state index contributed by atoms with van der Waals surface area (Å²) < 4.78 is 11.5. The minimum atomic E-state index is 0.597. The lowest BCUT2D eigenvalue weighted by molar-refractivity contribution is 0.321. The first-order valence-electron chi connectivity index (χ1n) is 6.57. The van der Waals surface area contributed by atoms with Gasteiger partial charge >= 0.3 is 0 Å². The summed E-state index contributed by atoms with van der Waals surface area (Å²) in [4.78, 5) is 0. The highest BCUT2D eigenvalue weighted by Gasteiger charge is 2.09. The molecular weight excluding hydrogens is 274 g/mol. The Morgan fingerprint density at radius 1 is 1.05 bits per heavy atom. The van der Waals surface area contributed by atoms with Gasteiger partial charge in [0, 0.05) is 17.1 Å². The number of halogens is 1. The Balaban J connectivity index is 2.31. The molecule has 0 radical (unpaired) electrons. The third kappa shape index (κ3) is 3.65. The zero-order valence-electron chi connectivity index (χ0n) is 11.7. The minimum absolute atomic E-state index is 0.597. The van der Waals surface area contributed by atoms with Crippen molar-refractivity contribution in [3.8, 4) is 17.2 Å². The summed E-state index contributed by atoms with van der Waals surface area (Å²) in [6, 6.07) is 13.2. The van der Waals surface area contributed by atoms with E-state index < -0.39 is 0 Å². The zero-order valence-corrected chi connectivity index (χ0v) is 12.4. The standard InChI is InChI=1S/C16H18ClNO2/c1-3-19-14-6-4-5-7-15(14)20-16-10-13(17)9-8-12(16)11-18-2/h4-10,18H,3,11H2,1-2H3. The van der Waals surface area contributed by atoms with Gasteiger partial charge < -0.3 is 14.8 Å². The Kier molecular flexibility index (Phi) is 5.27. The van der Waals surface area contributed by atoms with E-state index in [4.69, 9.17) is 21.1 Å². The van der Waals surface area contributed by atoms with E-state index in [9.17, 15) is 0 Å². The summed E-state index contributed by atoms with van der Waals surface area (Å²) in [6.45, 7) is 3.26. The van der Waals surface area contributed by atoms with E-state index in [-0.39, 0.29) is 0 Å². The first-order valence-corrected chi connectivity index (χ1v) is 6.95. The largest absolute Gasteiger partial charge is 0.490 e. The lowest BCUT2D eigenvalue weighted by Gasteiger charge is -2.14. The molecule has 2 aromatic carbocycles. The fourth-order valence-corrected chi connectivity index (χ4v) is 2.05. The van der Waals surface area contributed by atoms with Crippen LogP contribution in [-0.2, 0) is 6.54 Å². The molecule has 2 aromatic rings. The number of ether oxygens (including phenoxy) is 2. The van der Waals surface area contributed by atoms with E-state index >= 15 is 0 Å². The van der Waals surface area contributed by atoms with Gasteiger partial charge in [0.05, 0.1) is 6.61 Å². The minimum Gasteiger partial charge on any atom is -0.490 e. The van der Waals surface area contributed by atoms with Crippen LogP contribution in [-0.4, -0.2) is 13.7 Å². The van der Waals surface area contributed by atoms with Crippen molar-refractivity contribution in [3.63, 3.8) is 0 Å². The Labute approximate surface area is 124 Å². The van der Waals surface area contributed by atoms with E-state index in [1.54, 1.807) is 0 Å². The molecular formula is C16H18ClNO2. The second-order valence-electron chi connectivity index (χ2n) is 4.26. The lowest BCUT2D eigenvalue weighted by atomic mass is 10.2. The van der Waals surface area contributed by atoms with Crippen LogP contribution in [0.15, 0.2) is 42.5 Å². The fraction of sp³-hybridized carbons (Fsp3) is 0.250. The highest BCUT2D eigenvalue weighted by atomic mass is 35.5. The van der Waals surface area contributed by atoms with Crippen molar-refractivity contribution in [2.75, 3.05) is 13.7 Å². The third-order valence-electron chi connectivity index (χ3n) is 2.77. The number of para-hydroxylation sites is 2. The summed E-state index contributed by atoms with van der Waals surface area (Å²) in [7, 11) is 1.90. The van der Waals surface area contributed by atoms with Crippen molar-refractivity contribution < 1.29 is 9.47 Å². The molecule has 0 saturated carbocycles. The molecule has 0 aliphatic heterocycles. The SMILES string of the molecule is CCOc1ccccc1Oc1cc(Cl)ccc1CNC. The van der Waals surface area contributed by atoms with Gasteiger partial charge in [0.1, 0.15) is 5.75 Å². The van der Waals surface area contributed by atoms with Crippen LogP contribution in [0.1, 0.15) is 12.5 Å². The Bertz CT molecular complexity index is 572. The maximum Gasteiger partial charge on any atom is 0.169 e. The first-order chi connectivity index (χ1) is 9.74. The summed E-state index contributed by atoms with van der Waals surface area (Å²) in [6.07, 6.45) is 0. The van der Waals surface area contributed by atoms with Crippen LogP contribution in [0.5, 0.6) is 17.2 Å². The summed E-state index contributed by atoms with van der Waals surface area (Å²) in [5.74, 6) is 2.15. The molecule has 0 aliphatic rings. The van der Waals surface area contributed by atoms with E-state index in [0.717, 1.165) is 17.1 Å². The first kappa shape index (κ1) is 14.7. The van der Waals surface area contributed by atoms with Gasteiger partial charge in [-0.15, -0.1) is 0 Å². The second kappa shape index (κ2) is 7.17. The molecule has 0 bridgehead atoms. The van der Waals surface area contributed by atoms with Gasteiger partial charge in [-0.1, -0.05) is 29.8 Å². The topological polar surface area (TPSA) is 30.5 Å². The Hall–Kier alpha value is -1.71. The van der Waals surface area contributed by atoms with Gasteiger partial charge in [-0.2, -0.15) is 0 Å². The monoisotopic (exact) mass is 291 g/mol. The molecule has 0 spiro atoms. The maximum atomic E-state index is 6.05. The summed E-state index contributed by atoms with van der Waals surface area (Å²) in [5, 5.41) is 3.76. The summed E-state index contributed by atoms with van der Waals surface area (Å²) >= 11 is 6.05. The van der Waals surface area contributed by atoms with Crippen LogP contribution >= 0.6 is 11.6 Å². The highest BCUT2D eigenvalue weighted by molar-refractivity contribution is 6.30. The van der Waals surface area contributed by atoms with E-state index in [0.29, 0.717) is 23.9 Å². The lowest BCUT2D eigenvalue weighted by Crippen LogP contribution is -2.06. The quantitative estimate of drug-likeness (QED) is 0.863. The van der Waals surface area contributed by atoms with Crippen molar-refractivity contribution in [2.24, 2.45) is 0 Å². The fourth-order valence-electron chi connectivity index (χ4n) is 1.89. The average Bonchev–Trinajstić information content (AvgIpc) is 2.44. The van der Waals surface area contributed by atoms with Crippen molar-refractivity contribution in [1.29, 1.82) is 0 Å². The van der Waals surface area contributed by atoms with Crippen LogP contribution in [0.4, 0.5) is 0 Å². The van der Waals surface area contributed by atoms with Gasteiger partial charge in [0.2, 0.25) is 0 Å². The number of nitrogens with one attached hydrogen (secondary N) is 1. The predicted molar refractivity (Wildman–Crippen MR) is 81.9 cm³/mol. The molecule has 0 unspecified atom stereocenters. The average molecular weight is 292 g/mol. The smallest absolute Gasteiger partial charge is 0.169 e.